The lowest BCUT2D eigenvalue weighted by atomic mass is 10.2. The van der Waals surface area contributed by atoms with Gasteiger partial charge in [0.2, 0.25) is 10.0 Å². The SMILES string of the molecule is CC1=CCCN(S(=O)(=O)c2cc(Br)ccc2Br)C1. The highest BCUT2D eigenvalue weighted by Crippen LogP contribution is 2.29. The number of hydrogen-bond acceptors (Lipinski definition) is 2. The van der Waals surface area contributed by atoms with Crippen LogP contribution in [-0.4, -0.2) is 25.8 Å². The summed E-state index contributed by atoms with van der Waals surface area (Å²) in [5.41, 5.74) is 1.09. The molecule has 0 saturated heterocycles. The summed E-state index contributed by atoms with van der Waals surface area (Å²) in [5, 5.41) is 0. The van der Waals surface area contributed by atoms with Crippen LogP contribution in [0.3, 0.4) is 0 Å². The van der Waals surface area contributed by atoms with Gasteiger partial charge in [-0.1, -0.05) is 27.6 Å². The predicted molar refractivity (Wildman–Crippen MR) is 79.0 cm³/mol. The monoisotopic (exact) mass is 393 g/mol. The van der Waals surface area contributed by atoms with Gasteiger partial charge >= 0.3 is 0 Å². The van der Waals surface area contributed by atoms with E-state index in [0.29, 0.717) is 22.5 Å². The molecule has 98 valence electrons. The molecule has 0 unspecified atom stereocenters. The number of hydrogen-bond donors (Lipinski definition) is 0. The average Bonchev–Trinajstić information content (AvgIpc) is 2.32. The fourth-order valence-electron chi connectivity index (χ4n) is 1.90. The normalized spacial score (nSPS) is 17.6. The van der Waals surface area contributed by atoms with Crippen molar-refractivity contribution in [2.45, 2.75) is 18.2 Å². The van der Waals surface area contributed by atoms with Crippen LogP contribution in [0.25, 0.3) is 0 Å². The van der Waals surface area contributed by atoms with Crippen LogP contribution >= 0.6 is 31.9 Å². The molecule has 0 bridgehead atoms. The van der Waals surface area contributed by atoms with E-state index in [1.165, 1.54) is 4.31 Å². The third kappa shape index (κ3) is 2.87. The lowest BCUT2D eigenvalue weighted by Gasteiger charge is -2.26. The van der Waals surface area contributed by atoms with Crippen molar-refractivity contribution in [1.82, 2.24) is 4.31 Å². The number of benzene rings is 1. The van der Waals surface area contributed by atoms with Gasteiger partial charge in [-0.05, 0) is 47.5 Å². The first-order chi connectivity index (χ1) is 8.41. The summed E-state index contributed by atoms with van der Waals surface area (Å²) in [6.07, 6.45) is 2.86. The van der Waals surface area contributed by atoms with Crippen LogP contribution in [0.15, 0.2) is 43.7 Å². The highest BCUT2D eigenvalue weighted by atomic mass is 79.9. The molecule has 1 heterocycles. The Kier molecular flexibility index (Phi) is 4.31. The van der Waals surface area contributed by atoms with Crippen molar-refractivity contribution in [3.63, 3.8) is 0 Å². The van der Waals surface area contributed by atoms with E-state index in [9.17, 15) is 8.42 Å². The number of nitrogens with zero attached hydrogens (tertiary/aromatic N) is 1. The van der Waals surface area contributed by atoms with Crippen LogP contribution in [0.5, 0.6) is 0 Å². The van der Waals surface area contributed by atoms with E-state index in [-0.39, 0.29) is 0 Å². The van der Waals surface area contributed by atoms with Crippen LogP contribution in [-0.2, 0) is 10.0 Å². The second-order valence-electron chi connectivity index (χ2n) is 4.25. The van der Waals surface area contributed by atoms with Gasteiger partial charge in [0.05, 0.1) is 4.90 Å². The molecule has 1 aromatic carbocycles. The molecule has 0 radical (unpaired) electrons. The fraction of sp³-hybridized carbons (Fsp3) is 0.333. The fourth-order valence-corrected chi connectivity index (χ4v) is 4.86. The second-order valence-corrected chi connectivity index (χ2v) is 7.93. The largest absolute Gasteiger partial charge is 0.244 e. The zero-order chi connectivity index (χ0) is 13.3. The Morgan fingerprint density at radius 3 is 2.67 bits per heavy atom. The summed E-state index contributed by atoms with van der Waals surface area (Å²) in [5.74, 6) is 0. The first kappa shape index (κ1) is 14.2. The summed E-state index contributed by atoms with van der Waals surface area (Å²) in [6.45, 7) is 2.97. The van der Waals surface area contributed by atoms with Gasteiger partial charge < -0.3 is 0 Å². The summed E-state index contributed by atoms with van der Waals surface area (Å²) in [7, 11) is -3.43. The van der Waals surface area contributed by atoms with E-state index >= 15 is 0 Å². The van der Waals surface area contributed by atoms with Gasteiger partial charge in [-0.25, -0.2) is 8.42 Å². The Morgan fingerprint density at radius 1 is 1.28 bits per heavy atom. The molecule has 0 amide bonds. The van der Waals surface area contributed by atoms with Crippen LogP contribution < -0.4 is 0 Å². The molecule has 0 N–H and O–H groups in total. The highest BCUT2D eigenvalue weighted by Gasteiger charge is 2.27. The Labute approximate surface area is 124 Å². The van der Waals surface area contributed by atoms with Crippen molar-refractivity contribution >= 4 is 41.9 Å². The molecule has 18 heavy (non-hydrogen) atoms. The first-order valence-electron chi connectivity index (χ1n) is 5.52. The van der Waals surface area contributed by atoms with Crippen molar-refractivity contribution in [1.29, 1.82) is 0 Å². The third-order valence-corrected chi connectivity index (χ3v) is 6.14. The van der Waals surface area contributed by atoms with E-state index in [4.69, 9.17) is 0 Å². The van der Waals surface area contributed by atoms with Crippen molar-refractivity contribution in [2.75, 3.05) is 13.1 Å². The molecule has 1 aromatic rings. The molecule has 0 aromatic heterocycles. The van der Waals surface area contributed by atoms with E-state index in [2.05, 4.69) is 37.9 Å². The molecule has 1 aliphatic heterocycles. The minimum atomic E-state index is -3.43. The van der Waals surface area contributed by atoms with Crippen LogP contribution in [0.1, 0.15) is 13.3 Å². The smallest absolute Gasteiger partial charge is 0.207 e. The summed E-state index contributed by atoms with van der Waals surface area (Å²) >= 11 is 6.62. The van der Waals surface area contributed by atoms with Gasteiger partial charge in [0.25, 0.3) is 0 Å². The molecule has 6 heteroatoms. The van der Waals surface area contributed by atoms with E-state index in [1.807, 2.05) is 13.0 Å². The van der Waals surface area contributed by atoms with E-state index in [1.54, 1.807) is 12.1 Å². The molecule has 0 aliphatic carbocycles. The molecular weight excluding hydrogens is 382 g/mol. The zero-order valence-corrected chi connectivity index (χ0v) is 13.8. The van der Waals surface area contributed by atoms with Gasteiger partial charge in [0, 0.05) is 22.0 Å². The lowest BCUT2D eigenvalue weighted by molar-refractivity contribution is 0.427. The van der Waals surface area contributed by atoms with Crippen LogP contribution in [0.4, 0.5) is 0 Å². The predicted octanol–water partition coefficient (Wildman–Crippen LogP) is 3.55. The van der Waals surface area contributed by atoms with E-state index in [0.717, 1.165) is 16.5 Å². The maximum atomic E-state index is 12.6. The van der Waals surface area contributed by atoms with Gasteiger partial charge in [0.15, 0.2) is 0 Å². The summed E-state index contributed by atoms with van der Waals surface area (Å²) < 4.78 is 28.0. The van der Waals surface area contributed by atoms with Gasteiger partial charge in [-0.3, -0.25) is 0 Å². The molecule has 0 fully saturated rings. The molecule has 0 saturated carbocycles. The van der Waals surface area contributed by atoms with Gasteiger partial charge in [-0.2, -0.15) is 4.31 Å². The Hall–Kier alpha value is -0.170. The van der Waals surface area contributed by atoms with Crippen molar-refractivity contribution in [2.24, 2.45) is 0 Å². The second kappa shape index (κ2) is 5.45. The molecule has 0 spiro atoms. The molecule has 3 nitrogen and oxygen atoms in total. The minimum Gasteiger partial charge on any atom is -0.207 e. The molecular formula is C12H13Br2NO2S. The van der Waals surface area contributed by atoms with Crippen molar-refractivity contribution < 1.29 is 8.42 Å². The van der Waals surface area contributed by atoms with Crippen molar-refractivity contribution in [3.05, 3.63) is 38.8 Å². The molecule has 1 aliphatic rings. The van der Waals surface area contributed by atoms with E-state index < -0.39 is 10.0 Å². The number of rotatable bonds is 2. The maximum absolute atomic E-state index is 12.6. The lowest BCUT2D eigenvalue weighted by Crippen LogP contribution is -2.35. The Balaban J connectivity index is 2.42. The Bertz CT molecular complexity index is 596. The van der Waals surface area contributed by atoms with Gasteiger partial charge in [0.1, 0.15) is 0 Å². The maximum Gasteiger partial charge on any atom is 0.244 e. The molecule has 2 rings (SSSR count). The molecule has 0 atom stereocenters. The highest BCUT2D eigenvalue weighted by molar-refractivity contribution is 9.11. The number of halogens is 2. The first-order valence-corrected chi connectivity index (χ1v) is 8.55. The quantitative estimate of drug-likeness (QED) is 0.719. The van der Waals surface area contributed by atoms with Crippen LogP contribution in [0, 0.1) is 0 Å². The minimum absolute atomic E-state index is 0.312. The standard InChI is InChI=1S/C12H13Br2NO2S/c1-9-3-2-6-15(8-9)18(16,17)12-7-10(13)4-5-11(12)14/h3-5,7H,2,6,8H2,1H3. The van der Waals surface area contributed by atoms with Crippen LogP contribution in [0.2, 0.25) is 0 Å². The topological polar surface area (TPSA) is 37.4 Å². The Morgan fingerprint density at radius 2 is 2.00 bits per heavy atom. The summed E-state index contributed by atoms with van der Waals surface area (Å²) in [4.78, 5) is 0.312. The number of sulfonamides is 1. The third-order valence-electron chi connectivity index (χ3n) is 2.81. The zero-order valence-electron chi connectivity index (χ0n) is 9.86. The van der Waals surface area contributed by atoms with Crippen molar-refractivity contribution in [3.8, 4) is 0 Å². The average molecular weight is 395 g/mol. The van der Waals surface area contributed by atoms with Gasteiger partial charge in [-0.15, -0.1) is 0 Å². The summed E-state index contributed by atoms with van der Waals surface area (Å²) in [6, 6.07) is 5.18.